The maximum atomic E-state index is 14.6. The van der Waals surface area contributed by atoms with E-state index in [-0.39, 0.29) is 49.0 Å². The van der Waals surface area contributed by atoms with Crippen molar-refractivity contribution >= 4 is 28.8 Å². The lowest BCUT2D eigenvalue weighted by atomic mass is 9.83. The van der Waals surface area contributed by atoms with Gasteiger partial charge in [-0.2, -0.15) is 0 Å². The molecule has 2 saturated heterocycles. The summed E-state index contributed by atoms with van der Waals surface area (Å²) in [6.45, 7) is 11.9. The van der Waals surface area contributed by atoms with Gasteiger partial charge >= 0.3 is 6.09 Å². The van der Waals surface area contributed by atoms with Crippen LogP contribution < -0.4 is 15.4 Å². The molecule has 2 N–H and O–H groups in total. The van der Waals surface area contributed by atoms with Crippen molar-refractivity contribution < 1.29 is 33.3 Å². The Kier molecular flexibility index (Phi) is 9.49. The van der Waals surface area contributed by atoms with Crippen molar-refractivity contribution in [1.82, 2.24) is 20.5 Å². The van der Waals surface area contributed by atoms with E-state index in [1.807, 2.05) is 43.3 Å². The van der Waals surface area contributed by atoms with E-state index in [0.717, 1.165) is 43.0 Å². The van der Waals surface area contributed by atoms with Crippen molar-refractivity contribution in [2.75, 3.05) is 13.2 Å². The van der Waals surface area contributed by atoms with Crippen LogP contribution in [0.15, 0.2) is 49.2 Å². The first-order valence-corrected chi connectivity index (χ1v) is 17.0. The molecule has 4 aliphatic rings. The molecule has 7 atom stereocenters. The first-order chi connectivity index (χ1) is 22.5. The van der Waals surface area contributed by atoms with Crippen molar-refractivity contribution in [2.45, 2.75) is 114 Å². The summed E-state index contributed by atoms with van der Waals surface area (Å²) in [7, 11) is 0. The number of alkyl carbamates (subject to hydrolysis) is 1. The molecule has 0 bridgehead atoms. The van der Waals surface area contributed by atoms with Gasteiger partial charge in [0.25, 0.3) is 0 Å². The van der Waals surface area contributed by atoms with Crippen LogP contribution in [0, 0.1) is 11.8 Å². The van der Waals surface area contributed by atoms with E-state index in [0.29, 0.717) is 18.8 Å². The Morgan fingerprint density at radius 1 is 1.17 bits per heavy atom. The lowest BCUT2D eigenvalue weighted by molar-refractivity contribution is -0.141. The van der Waals surface area contributed by atoms with Gasteiger partial charge in [-0.25, -0.2) is 4.79 Å². The second kappa shape index (κ2) is 13.4. The topological polar surface area (TPSA) is 132 Å². The molecule has 1 aromatic heterocycles. The highest BCUT2D eigenvalue weighted by molar-refractivity contribution is 5.93. The maximum Gasteiger partial charge on any atom is 0.408 e. The molecule has 11 heteroatoms. The molecule has 2 aliphatic carbocycles. The van der Waals surface area contributed by atoms with Gasteiger partial charge in [-0.3, -0.25) is 14.6 Å². The van der Waals surface area contributed by atoms with Gasteiger partial charge in [0.05, 0.1) is 17.6 Å². The summed E-state index contributed by atoms with van der Waals surface area (Å²) in [6.07, 6.45) is 7.40. The third-order valence-electron chi connectivity index (χ3n) is 9.80. The normalized spacial score (nSPS) is 29.5. The number of pyridine rings is 1. The summed E-state index contributed by atoms with van der Waals surface area (Å²) in [6, 6.07) is 7.87. The van der Waals surface area contributed by atoms with Gasteiger partial charge in [0.1, 0.15) is 35.6 Å². The summed E-state index contributed by atoms with van der Waals surface area (Å²) in [5, 5.41) is 7.03. The zero-order chi connectivity index (χ0) is 33.3. The van der Waals surface area contributed by atoms with Crippen LogP contribution in [0.1, 0.15) is 72.6 Å². The second-order valence-corrected chi connectivity index (χ2v) is 14.3. The number of epoxide rings is 1. The van der Waals surface area contributed by atoms with Crippen molar-refractivity contribution in [1.29, 1.82) is 0 Å². The predicted octanol–water partition coefficient (Wildman–Crippen LogP) is 4.88. The number of nitrogens with one attached hydrogen (secondary N) is 2. The highest BCUT2D eigenvalue weighted by atomic mass is 16.8. The Hall–Kier alpha value is -3.70. The van der Waals surface area contributed by atoms with E-state index >= 15 is 0 Å². The first-order valence-electron chi connectivity index (χ1n) is 17.0. The van der Waals surface area contributed by atoms with Crippen molar-refractivity contribution in [2.24, 2.45) is 11.8 Å². The third kappa shape index (κ3) is 7.26. The van der Waals surface area contributed by atoms with E-state index in [4.69, 9.17) is 18.9 Å². The van der Waals surface area contributed by atoms with Crippen LogP contribution in [0.4, 0.5) is 4.79 Å². The van der Waals surface area contributed by atoms with Gasteiger partial charge in [-0.15, -0.1) is 6.58 Å². The number of benzene rings is 1. The zero-order valence-corrected chi connectivity index (χ0v) is 27.9. The van der Waals surface area contributed by atoms with Gasteiger partial charge < -0.3 is 34.5 Å². The average molecular weight is 649 g/mol. The number of para-hydroxylation sites is 1. The Morgan fingerprint density at radius 2 is 1.94 bits per heavy atom. The number of nitrogens with zero attached hydrogens (tertiary/aromatic N) is 2. The summed E-state index contributed by atoms with van der Waals surface area (Å²) in [5.74, 6) is 0.0308. The van der Waals surface area contributed by atoms with Gasteiger partial charge in [0.2, 0.25) is 11.8 Å². The molecule has 3 amide bonds. The van der Waals surface area contributed by atoms with Crippen LogP contribution >= 0.6 is 0 Å². The van der Waals surface area contributed by atoms with E-state index in [9.17, 15) is 14.4 Å². The van der Waals surface area contributed by atoms with Crippen LogP contribution in [0.2, 0.25) is 0 Å². The number of hydrogen-bond acceptors (Lipinski definition) is 8. The van der Waals surface area contributed by atoms with Crippen molar-refractivity contribution in [3.63, 3.8) is 0 Å². The molecule has 6 rings (SSSR count). The van der Waals surface area contributed by atoms with E-state index in [1.54, 1.807) is 31.9 Å². The summed E-state index contributed by atoms with van der Waals surface area (Å²) in [4.78, 5) is 48.0. The van der Waals surface area contributed by atoms with Crippen molar-refractivity contribution in [3.8, 4) is 5.75 Å². The van der Waals surface area contributed by atoms with E-state index < -0.39 is 35.4 Å². The number of amides is 3. The molecule has 4 fully saturated rings. The molecule has 0 radical (unpaired) electrons. The van der Waals surface area contributed by atoms with Crippen LogP contribution in [-0.4, -0.2) is 82.7 Å². The number of fused-ring (bicyclic) bond motifs is 1. The molecule has 3 heterocycles. The number of aromatic nitrogens is 1. The lowest BCUT2D eigenvalue weighted by Gasteiger charge is -2.35. The number of ether oxygens (including phenoxy) is 4. The summed E-state index contributed by atoms with van der Waals surface area (Å²) >= 11 is 0. The molecule has 4 unspecified atom stereocenters. The largest absolute Gasteiger partial charge is 0.488 e. The van der Waals surface area contributed by atoms with Crippen molar-refractivity contribution in [3.05, 3.63) is 49.2 Å². The Bertz CT molecular complexity index is 1480. The third-order valence-corrected chi connectivity index (χ3v) is 9.80. The van der Waals surface area contributed by atoms with Crippen LogP contribution in [0.5, 0.6) is 5.75 Å². The smallest absolute Gasteiger partial charge is 0.408 e. The van der Waals surface area contributed by atoms with Crippen LogP contribution in [0.25, 0.3) is 10.9 Å². The fraction of sp³-hybridized carbons (Fsp3) is 0.611. The predicted molar refractivity (Wildman–Crippen MR) is 175 cm³/mol. The highest BCUT2D eigenvalue weighted by Crippen LogP contribution is 2.54. The minimum Gasteiger partial charge on any atom is -0.488 e. The van der Waals surface area contributed by atoms with Crippen LogP contribution in [0.3, 0.4) is 0 Å². The molecule has 2 aliphatic heterocycles. The Morgan fingerprint density at radius 3 is 2.64 bits per heavy atom. The van der Waals surface area contributed by atoms with Gasteiger partial charge in [0.15, 0.2) is 6.29 Å². The fourth-order valence-electron chi connectivity index (χ4n) is 7.40. The molecule has 1 aromatic carbocycles. The number of rotatable bonds is 11. The first kappa shape index (κ1) is 33.2. The minimum absolute atomic E-state index is 0.0338. The SMILES string of the molecule is C=CC1CC1(NC(=O)[C@@H]1C[C@@H](Oc2ccnc3ccccc23)CN1C(=O)[C@@H](NC(=O)OC(C)(C)C)C1CCCCC1)C1OC1OCC. The van der Waals surface area contributed by atoms with Gasteiger partial charge in [0, 0.05) is 30.5 Å². The molecule has 47 heavy (non-hydrogen) atoms. The monoisotopic (exact) mass is 648 g/mol. The standard InChI is InChI=1S/C36H48N4O7/c1-6-23-20-36(23,30-33(46-30)44-7-2)39-31(41)27-19-24(45-28-17-18-37-26-16-12-11-15-25(26)28)21-40(27)32(42)29(22-13-9-8-10-14-22)38-34(43)47-35(3,4)5/h6,11-12,15-18,22-24,27,29-30,33H,1,7-10,13-14,19-21H2,2-5H3,(H,38,43)(H,39,41)/t23?,24-,27+,29+,30?,33?,36?/m1/s1. The Balaban J connectivity index is 1.27. The van der Waals surface area contributed by atoms with Gasteiger partial charge in [-0.05, 0) is 71.1 Å². The molecule has 11 nitrogen and oxygen atoms in total. The minimum atomic E-state index is -0.828. The number of hydrogen-bond donors (Lipinski definition) is 2. The maximum absolute atomic E-state index is 14.6. The molecule has 254 valence electrons. The van der Waals surface area contributed by atoms with E-state index in [1.165, 1.54) is 0 Å². The van der Waals surface area contributed by atoms with E-state index in [2.05, 4.69) is 22.2 Å². The Labute approximate surface area is 276 Å². The second-order valence-electron chi connectivity index (χ2n) is 14.3. The molecule has 2 saturated carbocycles. The molecular weight excluding hydrogens is 600 g/mol. The summed E-state index contributed by atoms with van der Waals surface area (Å²) < 4.78 is 23.6. The number of carbonyl (C=O) groups excluding carboxylic acids is 3. The van der Waals surface area contributed by atoms with Gasteiger partial charge in [-0.1, -0.05) is 37.5 Å². The average Bonchev–Trinajstić information content (AvgIpc) is 3.93. The number of carbonyl (C=O) groups is 3. The molecular formula is C36H48N4O7. The van der Waals surface area contributed by atoms with Crippen LogP contribution in [-0.2, 0) is 23.8 Å². The quantitative estimate of drug-likeness (QED) is 0.261. The lowest BCUT2D eigenvalue weighted by Crippen LogP contribution is -2.58. The summed E-state index contributed by atoms with van der Waals surface area (Å²) in [5.41, 5.74) is -0.564. The zero-order valence-electron chi connectivity index (χ0n) is 27.9. The molecule has 2 aromatic rings. The molecule has 0 spiro atoms. The fourth-order valence-corrected chi connectivity index (χ4v) is 7.40. The highest BCUT2D eigenvalue weighted by Gasteiger charge is 2.69. The number of likely N-dealkylation sites (tertiary alicyclic amines) is 1.